The molecule has 1 heteroatoms. The number of rotatable bonds is 0. The van der Waals surface area contributed by atoms with Gasteiger partial charge in [0.15, 0.2) is 0 Å². The molecule has 0 unspecified atom stereocenters. The standard InChI is InChI=1S/C8H11N/c1-7-4-2-3-5-8(9)6-7/h3-6H,2,9H2,1H3. The molecule has 48 valence electrons. The fourth-order valence-corrected chi connectivity index (χ4v) is 0.828. The topological polar surface area (TPSA) is 26.0 Å². The van der Waals surface area contributed by atoms with Crippen molar-refractivity contribution < 1.29 is 0 Å². The molecule has 0 radical (unpaired) electrons. The second kappa shape index (κ2) is 2.53. The predicted molar refractivity (Wildman–Crippen MR) is 39.8 cm³/mol. The summed E-state index contributed by atoms with van der Waals surface area (Å²) in [5.41, 5.74) is 7.65. The second-order valence-corrected chi connectivity index (χ2v) is 2.23. The van der Waals surface area contributed by atoms with Gasteiger partial charge >= 0.3 is 0 Å². The van der Waals surface area contributed by atoms with Crippen molar-refractivity contribution in [2.24, 2.45) is 5.73 Å². The molecule has 0 aromatic rings. The highest BCUT2D eigenvalue weighted by Gasteiger charge is 1.88. The van der Waals surface area contributed by atoms with Gasteiger partial charge in [-0.2, -0.15) is 0 Å². The zero-order valence-electron chi connectivity index (χ0n) is 5.59. The molecule has 0 atom stereocenters. The zero-order chi connectivity index (χ0) is 6.69. The van der Waals surface area contributed by atoms with Crippen LogP contribution in [-0.4, -0.2) is 0 Å². The quantitative estimate of drug-likeness (QED) is 0.519. The molecule has 0 saturated heterocycles. The second-order valence-electron chi connectivity index (χ2n) is 2.23. The Morgan fingerprint density at radius 2 is 2.33 bits per heavy atom. The molecule has 0 aromatic heterocycles. The summed E-state index contributed by atoms with van der Waals surface area (Å²) in [6, 6.07) is 0. The van der Waals surface area contributed by atoms with Crippen molar-refractivity contribution in [2.75, 3.05) is 0 Å². The van der Waals surface area contributed by atoms with Crippen molar-refractivity contribution in [3.05, 3.63) is 35.6 Å². The summed E-state index contributed by atoms with van der Waals surface area (Å²) in [6.45, 7) is 2.06. The molecule has 2 N–H and O–H groups in total. The van der Waals surface area contributed by atoms with Gasteiger partial charge in [-0.15, -0.1) is 0 Å². The number of hydrogen-bond donors (Lipinski definition) is 1. The zero-order valence-corrected chi connectivity index (χ0v) is 5.59. The van der Waals surface area contributed by atoms with E-state index in [9.17, 15) is 0 Å². The molecule has 0 spiro atoms. The predicted octanol–water partition coefficient (Wildman–Crippen LogP) is 1.74. The molecule has 0 aliphatic heterocycles. The van der Waals surface area contributed by atoms with Gasteiger partial charge in [-0.3, -0.25) is 0 Å². The summed E-state index contributed by atoms with van der Waals surface area (Å²) in [5, 5.41) is 0. The molecule has 0 aromatic carbocycles. The van der Waals surface area contributed by atoms with Gasteiger partial charge in [0.25, 0.3) is 0 Å². The number of allylic oxidation sites excluding steroid dienone is 5. The Morgan fingerprint density at radius 3 is 3.11 bits per heavy atom. The van der Waals surface area contributed by atoms with Crippen molar-refractivity contribution in [3.8, 4) is 0 Å². The van der Waals surface area contributed by atoms with E-state index in [-0.39, 0.29) is 0 Å². The third-order valence-corrected chi connectivity index (χ3v) is 1.28. The maximum atomic E-state index is 5.56. The number of nitrogens with two attached hydrogens (primary N) is 1. The normalized spacial score (nSPS) is 18.3. The molecule has 9 heavy (non-hydrogen) atoms. The maximum Gasteiger partial charge on any atom is 0.0313 e. The molecule has 0 saturated carbocycles. The van der Waals surface area contributed by atoms with Gasteiger partial charge in [0.05, 0.1) is 0 Å². The highest BCUT2D eigenvalue weighted by molar-refractivity contribution is 5.30. The lowest BCUT2D eigenvalue weighted by atomic mass is 10.2. The fraction of sp³-hybridized carbons (Fsp3) is 0.250. The van der Waals surface area contributed by atoms with E-state index in [4.69, 9.17) is 5.73 Å². The summed E-state index contributed by atoms with van der Waals surface area (Å²) in [6.07, 6.45) is 9.12. The first-order valence-corrected chi connectivity index (χ1v) is 3.09. The summed E-state index contributed by atoms with van der Waals surface area (Å²) < 4.78 is 0. The lowest BCUT2D eigenvalue weighted by molar-refractivity contribution is 1.35. The first-order chi connectivity index (χ1) is 4.29. The first kappa shape index (κ1) is 6.14. The van der Waals surface area contributed by atoms with Crippen molar-refractivity contribution in [2.45, 2.75) is 13.3 Å². The summed E-state index contributed by atoms with van der Waals surface area (Å²) in [7, 11) is 0. The average molecular weight is 121 g/mol. The van der Waals surface area contributed by atoms with Crippen molar-refractivity contribution in [3.63, 3.8) is 0 Å². The summed E-state index contributed by atoms with van der Waals surface area (Å²) >= 11 is 0. The van der Waals surface area contributed by atoms with E-state index in [1.54, 1.807) is 0 Å². The van der Waals surface area contributed by atoms with Crippen LogP contribution in [0.3, 0.4) is 0 Å². The third-order valence-electron chi connectivity index (χ3n) is 1.28. The van der Waals surface area contributed by atoms with E-state index in [0.29, 0.717) is 0 Å². The van der Waals surface area contributed by atoms with Crippen LogP contribution in [0.2, 0.25) is 0 Å². The minimum absolute atomic E-state index is 0.848. The van der Waals surface area contributed by atoms with Crippen LogP contribution < -0.4 is 5.73 Å². The largest absolute Gasteiger partial charge is 0.399 e. The van der Waals surface area contributed by atoms with Crippen LogP contribution in [0, 0.1) is 0 Å². The van der Waals surface area contributed by atoms with Gasteiger partial charge < -0.3 is 5.73 Å². The minimum atomic E-state index is 0.848. The van der Waals surface area contributed by atoms with E-state index in [1.165, 1.54) is 5.57 Å². The van der Waals surface area contributed by atoms with Crippen LogP contribution in [0.15, 0.2) is 35.6 Å². The van der Waals surface area contributed by atoms with E-state index < -0.39 is 0 Å². The minimum Gasteiger partial charge on any atom is -0.399 e. The van der Waals surface area contributed by atoms with Gasteiger partial charge in [0.1, 0.15) is 0 Å². The lowest BCUT2D eigenvalue weighted by Crippen LogP contribution is -1.91. The van der Waals surface area contributed by atoms with Crippen molar-refractivity contribution in [1.82, 2.24) is 0 Å². The van der Waals surface area contributed by atoms with Crippen LogP contribution in [0.1, 0.15) is 13.3 Å². The van der Waals surface area contributed by atoms with Crippen LogP contribution >= 0.6 is 0 Å². The van der Waals surface area contributed by atoms with Crippen LogP contribution in [-0.2, 0) is 0 Å². The van der Waals surface area contributed by atoms with E-state index in [0.717, 1.165) is 12.1 Å². The Morgan fingerprint density at radius 1 is 1.56 bits per heavy atom. The van der Waals surface area contributed by atoms with Gasteiger partial charge in [-0.05, 0) is 25.5 Å². The van der Waals surface area contributed by atoms with Crippen molar-refractivity contribution in [1.29, 1.82) is 0 Å². The summed E-state index contributed by atoms with van der Waals surface area (Å²) in [4.78, 5) is 0. The average Bonchev–Trinajstić information content (AvgIpc) is 1.93. The smallest absolute Gasteiger partial charge is 0.0313 e. The first-order valence-electron chi connectivity index (χ1n) is 3.09. The van der Waals surface area contributed by atoms with Crippen molar-refractivity contribution >= 4 is 0 Å². The molecule has 1 nitrogen and oxygen atoms in total. The molecule has 1 rings (SSSR count). The molecule has 0 amide bonds. The Balaban J connectivity index is 2.82. The van der Waals surface area contributed by atoms with E-state index in [1.807, 2.05) is 12.2 Å². The lowest BCUT2D eigenvalue weighted by Gasteiger charge is -1.88. The van der Waals surface area contributed by atoms with Gasteiger partial charge in [-0.25, -0.2) is 0 Å². The monoisotopic (exact) mass is 121 g/mol. The molecule has 0 bridgehead atoms. The highest BCUT2D eigenvalue weighted by atomic mass is 14.6. The SMILES string of the molecule is CC1=CCC=CC(N)=C1. The molecular weight excluding hydrogens is 110 g/mol. The molecule has 1 aliphatic rings. The Labute approximate surface area is 55.6 Å². The van der Waals surface area contributed by atoms with Crippen LogP contribution in [0.25, 0.3) is 0 Å². The fourth-order valence-electron chi connectivity index (χ4n) is 0.828. The number of hydrogen-bond acceptors (Lipinski definition) is 1. The molecule has 0 fully saturated rings. The Bertz CT molecular complexity index is 185. The molecule has 1 aliphatic carbocycles. The Kier molecular flexibility index (Phi) is 1.73. The highest BCUT2D eigenvalue weighted by Crippen LogP contribution is 2.05. The third kappa shape index (κ3) is 1.76. The van der Waals surface area contributed by atoms with Gasteiger partial charge in [0.2, 0.25) is 0 Å². The van der Waals surface area contributed by atoms with E-state index in [2.05, 4.69) is 19.1 Å². The summed E-state index contributed by atoms with van der Waals surface area (Å²) in [5.74, 6) is 0. The van der Waals surface area contributed by atoms with Crippen LogP contribution in [0.5, 0.6) is 0 Å². The maximum absolute atomic E-state index is 5.56. The molecule has 0 heterocycles. The van der Waals surface area contributed by atoms with Gasteiger partial charge in [-0.1, -0.05) is 17.7 Å². The molecular formula is C8H11N. The van der Waals surface area contributed by atoms with E-state index >= 15 is 0 Å². The van der Waals surface area contributed by atoms with Gasteiger partial charge in [0, 0.05) is 5.70 Å². The Hall–Kier alpha value is -0.980. The van der Waals surface area contributed by atoms with Crippen LogP contribution in [0.4, 0.5) is 0 Å².